The van der Waals surface area contributed by atoms with Crippen LogP contribution in [0.5, 0.6) is 5.88 Å². The second-order valence-electron chi connectivity index (χ2n) is 6.90. The summed E-state index contributed by atoms with van der Waals surface area (Å²) < 4.78 is 43.7. The zero-order valence-electron chi connectivity index (χ0n) is 15.2. The van der Waals surface area contributed by atoms with E-state index >= 15 is 0 Å². The molecule has 2 N–H and O–H groups in total. The molecule has 0 unspecified atom stereocenters. The molecule has 1 aromatic heterocycles. The molecule has 0 saturated heterocycles. The number of benzene rings is 1. The van der Waals surface area contributed by atoms with Crippen molar-refractivity contribution in [3.05, 3.63) is 48.0 Å². The van der Waals surface area contributed by atoms with E-state index in [-0.39, 0.29) is 18.8 Å². The number of methoxy groups -OCH3 is 1. The zero-order chi connectivity index (χ0) is 19.4. The van der Waals surface area contributed by atoms with E-state index < -0.39 is 12.1 Å². The van der Waals surface area contributed by atoms with E-state index in [1.165, 1.54) is 0 Å². The number of rotatable bonds is 4. The molecule has 1 aliphatic carbocycles. The Bertz CT molecular complexity index is 795. The van der Waals surface area contributed by atoms with Gasteiger partial charge in [-0.25, -0.2) is 4.98 Å². The number of hydrogen-bond donors (Lipinski definition) is 1. The molecule has 3 nitrogen and oxygen atoms in total. The molecule has 0 atom stereocenters. The molecule has 1 saturated carbocycles. The molecule has 0 spiro atoms. The van der Waals surface area contributed by atoms with Gasteiger partial charge in [-0.3, -0.25) is 0 Å². The van der Waals surface area contributed by atoms with Crippen LogP contribution in [0.25, 0.3) is 17.3 Å². The molecule has 144 valence electrons. The fourth-order valence-corrected chi connectivity index (χ4v) is 3.52. The van der Waals surface area contributed by atoms with Crippen LogP contribution < -0.4 is 10.5 Å². The number of hydrogen-bond acceptors (Lipinski definition) is 3. The molecule has 0 amide bonds. The van der Waals surface area contributed by atoms with Crippen LogP contribution in [0.4, 0.5) is 18.9 Å². The van der Waals surface area contributed by atoms with Crippen LogP contribution in [0.15, 0.2) is 42.5 Å². The lowest BCUT2D eigenvalue weighted by molar-refractivity contribution is -0.183. The van der Waals surface area contributed by atoms with Crippen molar-refractivity contribution < 1.29 is 17.9 Å². The molecule has 0 radical (unpaired) electrons. The van der Waals surface area contributed by atoms with Gasteiger partial charge in [-0.2, -0.15) is 13.2 Å². The molecule has 6 heteroatoms. The number of allylic oxidation sites excluding steroid dienone is 1. The molecule has 27 heavy (non-hydrogen) atoms. The molecule has 0 bridgehead atoms. The maximum absolute atomic E-state index is 12.8. The molecule has 1 fully saturated rings. The van der Waals surface area contributed by atoms with E-state index in [2.05, 4.69) is 4.98 Å². The first kappa shape index (κ1) is 19.3. The second-order valence-corrected chi connectivity index (χ2v) is 6.90. The van der Waals surface area contributed by atoms with Gasteiger partial charge in [0, 0.05) is 11.1 Å². The third-order valence-corrected chi connectivity index (χ3v) is 5.07. The van der Waals surface area contributed by atoms with Crippen LogP contribution >= 0.6 is 0 Å². The van der Waals surface area contributed by atoms with E-state index in [4.69, 9.17) is 10.5 Å². The Kier molecular flexibility index (Phi) is 5.73. The summed E-state index contributed by atoms with van der Waals surface area (Å²) >= 11 is 0. The summed E-state index contributed by atoms with van der Waals surface area (Å²) in [4.78, 5) is 4.52. The van der Waals surface area contributed by atoms with Crippen molar-refractivity contribution in [2.24, 2.45) is 11.8 Å². The van der Waals surface area contributed by atoms with Crippen molar-refractivity contribution >= 4 is 11.8 Å². The van der Waals surface area contributed by atoms with E-state index in [1.807, 2.05) is 42.5 Å². The summed E-state index contributed by atoms with van der Waals surface area (Å²) in [5.41, 5.74) is 8.98. The molecule has 3 rings (SSSR count). The van der Waals surface area contributed by atoms with Gasteiger partial charge < -0.3 is 10.5 Å². The first-order valence-corrected chi connectivity index (χ1v) is 9.03. The van der Waals surface area contributed by atoms with Gasteiger partial charge in [0.2, 0.25) is 5.88 Å². The highest BCUT2D eigenvalue weighted by atomic mass is 19.4. The number of anilines is 1. The number of nitrogen functional groups attached to an aromatic ring is 1. The minimum absolute atomic E-state index is 0.128. The zero-order valence-corrected chi connectivity index (χ0v) is 15.2. The number of alkyl halides is 3. The third-order valence-electron chi connectivity index (χ3n) is 5.07. The molecule has 2 aromatic rings. The maximum atomic E-state index is 12.8. The monoisotopic (exact) mass is 376 g/mol. The molecule has 1 aliphatic rings. The summed E-state index contributed by atoms with van der Waals surface area (Å²) in [5, 5.41) is 0. The molecule has 0 aliphatic heterocycles. The van der Waals surface area contributed by atoms with E-state index in [9.17, 15) is 13.2 Å². The van der Waals surface area contributed by atoms with Crippen LogP contribution in [-0.2, 0) is 0 Å². The summed E-state index contributed by atoms with van der Waals surface area (Å²) in [7, 11) is 1.54. The number of nitrogens with two attached hydrogens (primary N) is 1. The van der Waals surface area contributed by atoms with Crippen LogP contribution in [-0.4, -0.2) is 18.3 Å². The minimum atomic E-state index is -4.08. The Labute approximate surface area is 157 Å². The third kappa shape index (κ3) is 4.62. The first-order valence-electron chi connectivity index (χ1n) is 9.03. The van der Waals surface area contributed by atoms with Gasteiger partial charge in [0.25, 0.3) is 0 Å². The van der Waals surface area contributed by atoms with Gasteiger partial charge in [-0.05, 0) is 37.7 Å². The van der Waals surface area contributed by atoms with Crippen molar-refractivity contribution in [3.63, 3.8) is 0 Å². The van der Waals surface area contributed by atoms with Gasteiger partial charge in [0.1, 0.15) is 0 Å². The topological polar surface area (TPSA) is 48.1 Å². The summed E-state index contributed by atoms with van der Waals surface area (Å²) in [5.74, 6) is -0.592. The second kappa shape index (κ2) is 8.03. The lowest BCUT2D eigenvalue weighted by Gasteiger charge is -2.28. The lowest BCUT2D eigenvalue weighted by Crippen LogP contribution is -2.27. The van der Waals surface area contributed by atoms with Crippen molar-refractivity contribution in [1.82, 2.24) is 4.98 Å². The highest BCUT2D eigenvalue weighted by Crippen LogP contribution is 2.40. The number of aromatic nitrogens is 1. The van der Waals surface area contributed by atoms with E-state index in [0.29, 0.717) is 30.1 Å². The quantitative estimate of drug-likeness (QED) is 0.742. The van der Waals surface area contributed by atoms with Crippen molar-refractivity contribution in [1.29, 1.82) is 0 Å². The van der Waals surface area contributed by atoms with Crippen LogP contribution in [0.3, 0.4) is 0 Å². The fourth-order valence-electron chi connectivity index (χ4n) is 3.52. The predicted octanol–water partition coefficient (Wildman–Crippen LogP) is 5.72. The SMILES string of the molecule is COc1nc(-c2ccccc2)c(N)cc1/C=C/C1CCC(C(F)(F)F)CC1. The number of halogens is 3. The summed E-state index contributed by atoms with van der Waals surface area (Å²) in [6.07, 6.45) is 1.17. The predicted molar refractivity (Wildman–Crippen MR) is 101 cm³/mol. The van der Waals surface area contributed by atoms with Gasteiger partial charge in [-0.15, -0.1) is 0 Å². The Balaban J connectivity index is 1.76. The smallest absolute Gasteiger partial charge is 0.391 e. The van der Waals surface area contributed by atoms with Gasteiger partial charge in [-0.1, -0.05) is 42.5 Å². The average Bonchev–Trinajstić information content (AvgIpc) is 2.66. The minimum Gasteiger partial charge on any atom is -0.481 e. The largest absolute Gasteiger partial charge is 0.481 e. The van der Waals surface area contributed by atoms with Gasteiger partial charge in [0.15, 0.2) is 0 Å². The van der Waals surface area contributed by atoms with Crippen molar-refractivity contribution in [3.8, 4) is 17.1 Å². The van der Waals surface area contributed by atoms with E-state index in [1.54, 1.807) is 13.2 Å². The Hall–Kier alpha value is -2.50. The maximum Gasteiger partial charge on any atom is 0.391 e. The van der Waals surface area contributed by atoms with E-state index in [0.717, 1.165) is 11.1 Å². The first-order chi connectivity index (χ1) is 12.9. The summed E-state index contributed by atoms with van der Waals surface area (Å²) in [6, 6.07) is 11.4. The van der Waals surface area contributed by atoms with Crippen LogP contribution in [0.1, 0.15) is 31.2 Å². The average molecular weight is 376 g/mol. The Morgan fingerprint density at radius 1 is 1.11 bits per heavy atom. The number of pyridine rings is 1. The number of nitrogens with zero attached hydrogens (tertiary/aromatic N) is 1. The highest BCUT2D eigenvalue weighted by molar-refractivity contribution is 5.76. The Morgan fingerprint density at radius 2 is 1.78 bits per heavy atom. The fraction of sp³-hybridized carbons (Fsp3) is 0.381. The molecular formula is C21H23F3N2O. The molecular weight excluding hydrogens is 353 g/mol. The normalized spacial score (nSPS) is 20.7. The van der Waals surface area contributed by atoms with Gasteiger partial charge in [0.05, 0.1) is 24.4 Å². The van der Waals surface area contributed by atoms with Crippen molar-refractivity contribution in [2.45, 2.75) is 31.9 Å². The standard InChI is InChI=1S/C21H23F3N2O/c1-27-20-16(10-7-14-8-11-17(12-9-14)21(22,23)24)13-18(25)19(26-20)15-5-3-2-4-6-15/h2-7,10,13-14,17H,8-9,11-12,25H2,1H3/b10-7+. The van der Waals surface area contributed by atoms with Gasteiger partial charge >= 0.3 is 6.18 Å². The molecule has 1 heterocycles. The molecule has 1 aromatic carbocycles. The van der Waals surface area contributed by atoms with Crippen LogP contribution in [0, 0.1) is 11.8 Å². The van der Waals surface area contributed by atoms with Crippen molar-refractivity contribution in [2.75, 3.05) is 12.8 Å². The number of ether oxygens (including phenoxy) is 1. The highest BCUT2D eigenvalue weighted by Gasteiger charge is 2.40. The van der Waals surface area contributed by atoms with Crippen LogP contribution in [0.2, 0.25) is 0 Å². The Morgan fingerprint density at radius 3 is 2.37 bits per heavy atom. The lowest BCUT2D eigenvalue weighted by atomic mass is 9.81. The summed E-state index contributed by atoms with van der Waals surface area (Å²) in [6.45, 7) is 0.